The zero-order valence-corrected chi connectivity index (χ0v) is 9.66. The van der Waals surface area contributed by atoms with Crippen molar-refractivity contribution in [2.45, 2.75) is 5.41 Å². The summed E-state index contributed by atoms with van der Waals surface area (Å²) in [7, 11) is 0. The Hall–Kier alpha value is -0.186. The van der Waals surface area contributed by atoms with E-state index in [1.54, 1.807) is 0 Å². The Balaban J connectivity index is 0.00000121. The summed E-state index contributed by atoms with van der Waals surface area (Å²) in [6.45, 7) is 7.37. The monoisotopic (exact) mass is 232 g/mol. The SMILES string of the molecule is [CH2-]C([CH2-])(C#N)c1ccccc1.[Y]. The van der Waals surface area contributed by atoms with Crippen molar-refractivity contribution in [3.63, 3.8) is 0 Å². The molecule has 0 amide bonds. The molecule has 0 atom stereocenters. The van der Waals surface area contributed by atoms with Crippen LogP contribution in [0, 0.1) is 25.2 Å². The van der Waals surface area contributed by atoms with Crippen molar-refractivity contribution in [2.24, 2.45) is 0 Å². The first-order valence-corrected chi connectivity index (χ1v) is 3.34. The maximum absolute atomic E-state index is 8.67. The van der Waals surface area contributed by atoms with E-state index in [0.717, 1.165) is 5.56 Å². The van der Waals surface area contributed by atoms with Crippen molar-refractivity contribution in [3.05, 3.63) is 49.7 Å². The first kappa shape index (κ1) is 11.8. The van der Waals surface area contributed by atoms with E-state index in [4.69, 9.17) is 5.26 Å². The van der Waals surface area contributed by atoms with Gasteiger partial charge in [0, 0.05) is 38.8 Å². The number of benzene rings is 1. The molecule has 0 aliphatic carbocycles. The summed E-state index contributed by atoms with van der Waals surface area (Å²) in [4.78, 5) is 0. The van der Waals surface area contributed by atoms with E-state index in [2.05, 4.69) is 13.8 Å². The van der Waals surface area contributed by atoms with Gasteiger partial charge in [0.05, 0.1) is 0 Å². The fourth-order valence-corrected chi connectivity index (χ4v) is 0.822. The second-order valence-corrected chi connectivity index (χ2v) is 2.56. The van der Waals surface area contributed by atoms with Gasteiger partial charge >= 0.3 is 0 Å². The van der Waals surface area contributed by atoms with E-state index < -0.39 is 5.41 Å². The van der Waals surface area contributed by atoms with Crippen LogP contribution in [0.4, 0.5) is 0 Å². The van der Waals surface area contributed by atoms with E-state index in [-0.39, 0.29) is 32.7 Å². The van der Waals surface area contributed by atoms with Gasteiger partial charge in [0.1, 0.15) is 0 Å². The van der Waals surface area contributed by atoms with E-state index in [9.17, 15) is 0 Å². The zero-order valence-electron chi connectivity index (χ0n) is 6.83. The van der Waals surface area contributed by atoms with Crippen LogP contribution in [0.1, 0.15) is 5.56 Å². The third-order valence-corrected chi connectivity index (χ3v) is 1.54. The van der Waals surface area contributed by atoms with E-state index >= 15 is 0 Å². The van der Waals surface area contributed by atoms with Crippen LogP contribution in [0.2, 0.25) is 0 Å². The summed E-state index contributed by atoms with van der Waals surface area (Å²) >= 11 is 0. The fourth-order valence-electron chi connectivity index (χ4n) is 0.822. The Bertz CT molecular complexity index is 272. The van der Waals surface area contributed by atoms with Crippen LogP contribution >= 0.6 is 0 Å². The van der Waals surface area contributed by atoms with Crippen molar-refractivity contribution in [3.8, 4) is 6.07 Å². The van der Waals surface area contributed by atoms with Crippen LogP contribution in [0.15, 0.2) is 30.3 Å². The molecule has 0 N–H and O–H groups in total. The van der Waals surface area contributed by atoms with Gasteiger partial charge in [0.2, 0.25) is 0 Å². The Morgan fingerprint density at radius 2 is 1.67 bits per heavy atom. The maximum atomic E-state index is 8.67. The Labute approximate surface area is 98.7 Å². The van der Waals surface area contributed by atoms with Crippen LogP contribution in [0.25, 0.3) is 0 Å². The molecule has 0 bridgehead atoms. The molecular weight excluding hydrogens is 223 g/mol. The fraction of sp³-hybridized carbons (Fsp3) is 0.100. The van der Waals surface area contributed by atoms with Crippen molar-refractivity contribution in [2.75, 3.05) is 0 Å². The van der Waals surface area contributed by atoms with Crippen molar-refractivity contribution >= 4 is 0 Å². The second kappa shape index (κ2) is 4.75. The third kappa shape index (κ3) is 2.70. The Kier molecular flexibility index (Phi) is 4.67. The largest absolute Gasteiger partial charge is 0.349 e. The molecule has 0 aromatic heterocycles. The van der Waals surface area contributed by atoms with Gasteiger partial charge in [-0.1, -0.05) is 35.9 Å². The second-order valence-electron chi connectivity index (χ2n) is 2.56. The average molecular weight is 232 g/mol. The summed E-state index contributed by atoms with van der Waals surface area (Å²) in [5.74, 6) is 0. The maximum Gasteiger partial charge on any atom is 0.00848 e. The minimum absolute atomic E-state index is 0. The number of nitrogens with zero attached hydrogens (tertiary/aromatic N) is 1. The van der Waals surface area contributed by atoms with Crippen LogP contribution < -0.4 is 0 Å². The van der Waals surface area contributed by atoms with E-state index in [0.29, 0.717) is 0 Å². The summed E-state index contributed by atoms with van der Waals surface area (Å²) in [5.41, 5.74) is -0.0103. The van der Waals surface area contributed by atoms with E-state index in [1.807, 2.05) is 36.4 Å². The molecule has 2 heteroatoms. The summed E-state index contributed by atoms with van der Waals surface area (Å²) in [6, 6.07) is 11.4. The number of rotatable bonds is 1. The van der Waals surface area contributed by atoms with E-state index in [1.165, 1.54) is 0 Å². The number of hydrogen-bond donors (Lipinski definition) is 0. The first-order chi connectivity index (χ1) is 5.17. The Morgan fingerprint density at radius 3 is 2.08 bits per heavy atom. The molecule has 1 rings (SSSR count). The van der Waals surface area contributed by atoms with Gasteiger partial charge in [-0.25, -0.2) is 5.26 Å². The molecular formula is C10H9NY-2. The Morgan fingerprint density at radius 1 is 1.17 bits per heavy atom. The predicted octanol–water partition coefficient (Wildman–Crippen LogP) is 2.11. The molecule has 1 aromatic rings. The molecule has 0 heterocycles. The molecule has 59 valence electrons. The normalized spacial score (nSPS) is 9.75. The van der Waals surface area contributed by atoms with Gasteiger partial charge < -0.3 is 13.8 Å². The molecule has 0 fully saturated rings. The molecule has 1 nitrogen and oxygen atoms in total. The quantitative estimate of drug-likeness (QED) is 0.680. The summed E-state index contributed by atoms with van der Waals surface area (Å²) in [5, 5.41) is 8.67. The van der Waals surface area contributed by atoms with Crippen molar-refractivity contribution in [1.82, 2.24) is 0 Å². The molecule has 0 aliphatic rings. The molecule has 1 aromatic carbocycles. The number of hydrogen-bond acceptors (Lipinski definition) is 1. The summed E-state index contributed by atoms with van der Waals surface area (Å²) < 4.78 is 0. The molecule has 0 aliphatic heterocycles. The summed E-state index contributed by atoms with van der Waals surface area (Å²) in [6.07, 6.45) is 0. The van der Waals surface area contributed by atoms with Crippen molar-refractivity contribution < 1.29 is 32.7 Å². The number of nitriles is 1. The third-order valence-electron chi connectivity index (χ3n) is 1.54. The van der Waals surface area contributed by atoms with Crippen molar-refractivity contribution in [1.29, 1.82) is 5.26 Å². The van der Waals surface area contributed by atoms with Crippen LogP contribution in [-0.2, 0) is 38.1 Å². The van der Waals surface area contributed by atoms with Gasteiger partial charge in [-0.3, -0.25) is 0 Å². The standard InChI is InChI=1S/C10H9N.Y/c1-10(2,8-11)9-6-4-3-5-7-9;/h3-7H,1-2H2;/q-2;. The van der Waals surface area contributed by atoms with Crippen LogP contribution in [-0.4, -0.2) is 0 Å². The minimum atomic E-state index is -0.860. The molecule has 0 unspecified atom stereocenters. The van der Waals surface area contributed by atoms with Gasteiger partial charge in [0.15, 0.2) is 0 Å². The molecule has 0 spiro atoms. The minimum Gasteiger partial charge on any atom is -0.349 e. The molecule has 1 radical (unpaired) electrons. The molecule has 0 saturated carbocycles. The average Bonchev–Trinajstić information content (AvgIpc) is 2.06. The molecule has 0 saturated heterocycles. The van der Waals surface area contributed by atoms with Gasteiger partial charge in [-0.2, -0.15) is 5.41 Å². The van der Waals surface area contributed by atoms with Gasteiger partial charge in [0.25, 0.3) is 0 Å². The van der Waals surface area contributed by atoms with Crippen LogP contribution in [0.3, 0.4) is 0 Å². The zero-order chi connectivity index (χ0) is 8.32. The van der Waals surface area contributed by atoms with Crippen LogP contribution in [0.5, 0.6) is 0 Å². The predicted molar refractivity (Wildman–Crippen MR) is 44.4 cm³/mol. The topological polar surface area (TPSA) is 23.8 Å². The van der Waals surface area contributed by atoms with Gasteiger partial charge in [-0.15, -0.1) is 0 Å². The first-order valence-electron chi connectivity index (χ1n) is 3.34. The smallest absolute Gasteiger partial charge is 0.00848 e. The molecule has 12 heavy (non-hydrogen) atoms. The van der Waals surface area contributed by atoms with Gasteiger partial charge in [-0.05, 0) is 0 Å².